The lowest BCUT2D eigenvalue weighted by Crippen LogP contribution is -2.08. The third-order valence-electron chi connectivity index (χ3n) is 4.48. The van der Waals surface area contributed by atoms with Gasteiger partial charge in [0.2, 0.25) is 0 Å². The van der Waals surface area contributed by atoms with E-state index in [1.165, 1.54) is 5.56 Å². The van der Waals surface area contributed by atoms with E-state index in [4.69, 9.17) is 33.2 Å². The molecule has 4 nitrogen and oxygen atoms in total. The van der Waals surface area contributed by atoms with Crippen molar-refractivity contribution in [3.8, 4) is 22.5 Å². The molecule has 0 bridgehead atoms. The van der Waals surface area contributed by atoms with Gasteiger partial charge in [0.15, 0.2) is 0 Å². The summed E-state index contributed by atoms with van der Waals surface area (Å²) in [6, 6.07) is 19.2. The van der Waals surface area contributed by atoms with E-state index >= 15 is 0 Å². The number of nitrogens with one attached hydrogen (secondary N) is 1. The number of hydrogen-bond donors (Lipinski definition) is 1. The summed E-state index contributed by atoms with van der Waals surface area (Å²) < 4.78 is 0. The van der Waals surface area contributed by atoms with Gasteiger partial charge in [0, 0.05) is 40.1 Å². The van der Waals surface area contributed by atoms with E-state index in [-0.39, 0.29) is 0 Å². The molecule has 0 unspecified atom stereocenters. The van der Waals surface area contributed by atoms with E-state index in [1.807, 2.05) is 60.7 Å². The standard InChI is InChI=1S/C23H18Cl2N4/c24-19-5-1-17(2-6-19)22-23(18-3-7-20(25)8-4-18)29-21(15-28-22)27-14-11-16-9-12-26-13-10-16/h1-10,12-13,15H,11,14H2,(H,27,29). The number of benzene rings is 2. The highest BCUT2D eigenvalue weighted by molar-refractivity contribution is 6.31. The molecule has 0 amide bonds. The first kappa shape index (κ1) is 19.4. The highest BCUT2D eigenvalue weighted by Crippen LogP contribution is 2.31. The van der Waals surface area contributed by atoms with Crippen molar-refractivity contribution in [3.63, 3.8) is 0 Å². The third-order valence-corrected chi connectivity index (χ3v) is 4.98. The predicted octanol–water partition coefficient (Wildman–Crippen LogP) is 6.17. The van der Waals surface area contributed by atoms with E-state index in [1.54, 1.807) is 18.6 Å². The summed E-state index contributed by atoms with van der Waals surface area (Å²) in [7, 11) is 0. The van der Waals surface area contributed by atoms with E-state index in [9.17, 15) is 0 Å². The molecule has 144 valence electrons. The second-order valence-corrected chi connectivity index (χ2v) is 7.37. The Labute approximate surface area is 179 Å². The van der Waals surface area contributed by atoms with Crippen LogP contribution in [0.5, 0.6) is 0 Å². The molecule has 0 spiro atoms. The smallest absolute Gasteiger partial charge is 0.145 e. The average Bonchev–Trinajstić information content (AvgIpc) is 2.76. The fourth-order valence-corrected chi connectivity index (χ4v) is 3.24. The Balaban J connectivity index is 1.63. The van der Waals surface area contributed by atoms with E-state index in [0.29, 0.717) is 10.0 Å². The largest absolute Gasteiger partial charge is 0.368 e. The molecule has 29 heavy (non-hydrogen) atoms. The summed E-state index contributed by atoms with van der Waals surface area (Å²) >= 11 is 12.1. The summed E-state index contributed by atoms with van der Waals surface area (Å²) in [5.41, 5.74) is 4.71. The number of anilines is 1. The first-order chi connectivity index (χ1) is 14.2. The molecule has 2 aromatic carbocycles. The van der Waals surface area contributed by atoms with Crippen molar-refractivity contribution in [1.82, 2.24) is 15.0 Å². The Morgan fingerprint density at radius 1 is 0.724 bits per heavy atom. The Bertz CT molecular complexity index is 1080. The molecule has 0 aliphatic heterocycles. The Hall–Kier alpha value is -2.95. The molecular formula is C23H18Cl2N4. The zero-order valence-electron chi connectivity index (χ0n) is 15.5. The van der Waals surface area contributed by atoms with Gasteiger partial charge in [0.05, 0.1) is 17.6 Å². The Kier molecular flexibility index (Phi) is 6.03. The van der Waals surface area contributed by atoms with Gasteiger partial charge in [-0.05, 0) is 48.4 Å². The molecule has 1 N–H and O–H groups in total. The summed E-state index contributed by atoms with van der Waals surface area (Å²) in [6.07, 6.45) is 6.23. The average molecular weight is 421 g/mol. The molecule has 4 aromatic rings. The van der Waals surface area contributed by atoms with Gasteiger partial charge in [-0.3, -0.25) is 9.97 Å². The van der Waals surface area contributed by atoms with E-state index < -0.39 is 0 Å². The number of halogens is 2. The number of rotatable bonds is 6. The molecule has 6 heteroatoms. The monoisotopic (exact) mass is 420 g/mol. The fourth-order valence-electron chi connectivity index (χ4n) is 2.99. The van der Waals surface area contributed by atoms with Gasteiger partial charge in [0.25, 0.3) is 0 Å². The molecule has 4 rings (SSSR count). The van der Waals surface area contributed by atoms with Crippen LogP contribution in [0.2, 0.25) is 10.0 Å². The van der Waals surface area contributed by atoms with Crippen LogP contribution < -0.4 is 5.32 Å². The third kappa shape index (κ3) is 4.91. The molecule has 2 aromatic heterocycles. The highest BCUT2D eigenvalue weighted by atomic mass is 35.5. The first-order valence-corrected chi connectivity index (χ1v) is 9.96. The maximum absolute atomic E-state index is 6.06. The van der Waals surface area contributed by atoms with Crippen molar-refractivity contribution in [2.45, 2.75) is 6.42 Å². The van der Waals surface area contributed by atoms with Crippen LogP contribution in [0, 0.1) is 0 Å². The zero-order chi connectivity index (χ0) is 20.1. The van der Waals surface area contributed by atoms with Crippen molar-refractivity contribution in [2.24, 2.45) is 0 Å². The van der Waals surface area contributed by atoms with E-state index in [0.717, 1.165) is 41.3 Å². The van der Waals surface area contributed by atoms with Crippen molar-refractivity contribution < 1.29 is 0 Å². The van der Waals surface area contributed by atoms with Gasteiger partial charge < -0.3 is 5.32 Å². The molecular weight excluding hydrogens is 403 g/mol. The maximum Gasteiger partial charge on any atom is 0.145 e. The van der Waals surface area contributed by atoms with Crippen LogP contribution in [0.15, 0.2) is 79.3 Å². The normalized spacial score (nSPS) is 10.7. The van der Waals surface area contributed by atoms with Crippen molar-refractivity contribution in [3.05, 3.63) is 94.9 Å². The van der Waals surface area contributed by atoms with E-state index in [2.05, 4.69) is 10.3 Å². The molecule has 0 atom stereocenters. The summed E-state index contributed by atoms with van der Waals surface area (Å²) in [5, 5.41) is 4.73. The first-order valence-electron chi connectivity index (χ1n) is 9.21. The van der Waals surface area contributed by atoms with Crippen LogP contribution in [0.3, 0.4) is 0 Å². The highest BCUT2D eigenvalue weighted by Gasteiger charge is 2.12. The van der Waals surface area contributed by atoms with Crippen molar-refractivity contribution in [1.29, 1.82) is 0 Å². The summed E-state index contributed by atoms with van der Waals surface area (Å²) in [4.78, 5) is 13.6. The summed E-state index contributed by atoms with van der Waals surface area (Å²) in [5.74, 6) is 0.724. The molecule has 0 aliphatic carbocycles. The summed E-state index contributed by atoms with van der Waals surface area (Å²) in [6.45, 7) is 0.749. The maximum atomic E-state index is 6.06. The number of aromatic nitrogens is 3. The molecule has 0 saturated heterocycles. The van der Waals surface area contributed by atoms with Crippen LogP contribution >= 0.6 is 23.2 Å². The second kappa shape index (κ2) is 9.03. The number of pyridine rings is 1. The minimum atomic E-state index is 0.682. The lowest BCUT2D eigenvalue weighted by molar-refractivity contribution is 0.995. The SMILES string of the molecule is Clc1ccc(-c2ncc(NCCc3ccncc3)nc2-c2ccc(Cl)cc2)cc1. The van der Waals surface area contributed by atoms with Gasteiger partial charge in [-0.1, -0.05) is 47.5 Å². The van der Waals surface area contributed by atoms with Gasteiger partial charge in [-0.25, -0.2) is 4.98 Å². The number of nitrogens with zero attached hydrogens (tertiary/aromatic N) is 3. The van der Waals surface area contributed by atoms with Crippen LogP contribution in [0.25, 0.3) is 22.5 Å². The molecule has 0 radical (unpaired) electrons. The van der Waals surface area contributed by atoms with Gasteiger partial charge in [-0.2, -0.15) is 0 Å². The minimum absolute atomic E-state index is 0.682. The topological polar surface area (TPSA) is 50.7 Å². The lowest BCUT2D eigenvalue weighted by Gasteiger charge is -2.12. The van der Waals surface area contributed by atoms with Crippen LogP contribution in [0.4, 0.5) is 5.82 Å². The van der Waals surface area contributed by atoms with Gasteiger partial charge in [-0.15, -0.1) is 0 Å². The van der Waals surface area contributed by atoms with Crippen molar-refractivity contribution >= 4 is 29.0 Å². The number of hydrogen-bond acceptors (Lipinski definition) is 4. The van der Waals surface area contributed by atoms with Crippen molar-refractivity contribution in [2.75, 3.05) is 11.9 Å². The second-order valence-electron chi connectivity index (χ2n) is 6.50. The lowest BCUT2D eigenvalue weighted by atomic mass is 10.0. The predicted molar refractivity (Wildman–Crippen MR) is 119 cm³/mol. The molecule has 2 heterocycles. The van der Waals surface area contributed by atoms with Gasteiger partial charge >= 0.3 is 0 Å². The quantitative estimate of drug-likeness (QED) is 0.405. The fraction of sp³-hybridized carbons (Fsp3) is 0.0870. The Morgan fingerprint density at radius 3 is 1.93 bits per heavy atom. The molecule has 0 aliphatic rings. The van der Waals surface area contributed by atoms with Crippen LogP contribution in [-0.4, -0.2) is 21.5 Å². The molecule has 0 saturated carbocycles. The minimum Gasteiger partial charge on any atom is -0.368 e. The zero-order valence-corrected chi connectivity index (χ0v) is 17.0. The van der Waals surface area contributed by atoms with Crippen LogP contribution in [0.1, 0.15) is 5.56 Å². The van der Waals surface area contributed by atoms with Gasteiger partial charge in [0.1, 0.15) is 5.82 Å². The van der Waals surface area contributed by atoms with Crippen LogP contribution in [-0.2, 0) is 6.42 Å². The molecule has 0 fully saturated rings. The Morgan fingerprint density at radius 2 is 1.31 bits per heavy atom.